The van der Waals surface area contributed by atoms with Gasteiger partial charge in [-0.15, -0.1) is 0 Å². The van der Waals surface area contributed by atoms with E-state index in [2.05, 4.69) is 9.88 Å². The zero-order valence-corrected chi connectivity index (χ0v) is 22.3. The molecule has 6 rings (SSSR count). The second-order valence-corrected chi connectivity index (χ2v) is 10.9. The van der Waals surface area contributed by atoms with Crippen LogP contribution in [0.1, 0.15) is 44.2 Å². The predicted molar refractivity (Wildman–Crippen MR) is 149 cm³/mol. The van der Waals surface area contributed by atoms with E-state index < -0.39 is 0 Å². The first-order valence-corrected chi connectivity index (χ1v) is 13.9. The number of ether oxygens (including phenoxy) is 1. The number of fused-ring (bicyclic) bond motifs is 1. The zero-order valence-electron chi connectivity index (χ0n) is 22.3. The molecule has 1 aliphatic heterocycles. The van der Waals surface area contributed by atoms with Gasteiger partial charge in [-0.05, 0) is 75.3 Å². The molecular formula is C30H36N6O2. The van der Waals surface area contributed by atoms with Crippen LogP contribution in [0.5, 0.6) is 5.75 Å². The van der Waals surface area contributed by atoms with Crippen molar-refractivity contribution in [2.75, 3.05) is 26.7 Å². The van der Waals surface area contributed by atoms with Gasteiger partial charge in [0.15, 0.2) is 5.52 Å². The third-order valence-electron chi connectivity index (χ3n) is 8.23. The Kier molecular flexibility index (Phi) is 6.98. The van der Waals surface area contributed by atoms with Crippen LogP contribution in [-0.4, -0.2) is 56.0 Å². The summed E-state index contributed by atoms with van der Waals surface area (Å²) < 4.78 is 8.96. The molecule has 0 amide bonds. The van der Waals surface area contributed by atoms with Gasteiger partial charge in [-0.1, -0.05) is 18.9 Å². The van der Waals surface area contributed by atoms with Crippen molar-refractivity contribution < 1.29 is 4.74 Å². The molecule has 0 radical (unpaired) electrons. The maximum absolute atomic E-state index is 14.0. The first-order valence-electron chi connectivity index (χ1n) is 13.9. The monoisotopic (exact) mass is 512 g/mol. The van der Waals surface area contributed by atoms with Crippen LogP contribution >= 0.6 is 0 Å². The molecule has 198 valence electrons. The number of pyridine rings is 1. The first-order chi connectivity index (χ1) is 18.6. The maximum Gasteiger partial charge on any atom is 0.282 e. The highest BCUT2D eigenvalue weighted by Gasteiger charge is 2.26. The van der Waals surface area contributed by atoms with Gasteiger partial charge in [-0.2, -0.15) is 5.10 Å². The van der Waals surface area contributed by atoms with E-state index in [0.717, 1.165) is 41.6 Å². The summed E-state index contributed by atoms with van der Waals surface area (Å²) in [6, 6.07) is 11.6. The summed E-state index contributed by atoms with van der Waals surface area (Å²) in [6.45, 7) is 6.00. The molecule has 4 aromatic rings. The van der Waals surface area contributed by atoms with Gasteiger partial charge in [0.2, 0.25) is 0 Å². The molecule has 1 saturated carbocycles. The molecule has 4 heterocycles. The van der Waals surface area contributed by atoms with E-state index in [1.54, 1.807) is 18.0 Å². The van der Waals surface area contributed by atoms with E-state index in [4.69, 9.17) is 14.8 Å². The summed E-state index contributed by atoms with van der Waals surface area (Å²) >= 11 is 0. The Bertz CT molecular complexity index is 1490. The number of benzene rings is 1. The van der Waals surface area contributed by atoms with E-state index in [-0.39, 0.29) is 5.56 Å². The molecular weight excluding hydrogens is 476 g/mol. The Morgan fingerprint density at radius 2 is 1.87 bits per heavy atom. The van der Waals surface area contributed by atoms with Crippen molar-refractivity contribution in [2.45, 2.75) is 52.0 Å². The SMILES string of the molecule is COc1cccc(-n2cc3nc(-c4cccnc4C)n(C[C@H]4CCCN(CC5CCCC5)C4)c(=O)c3n2)c1. The van der Waals surface area contributed by atoms with Crippen molar-refractivity contribution in [3.05, 3.63) is 64.8 Å². The summed E-state index contributed by atoms with van der Waals surface area (Å²) in [6.07, 6.45) is 11.4. The summed E-state index contributed by atoms with van der Waals surface area (Å²) in [5, 5.41) is 4.69. The molecule has 8 nitrogen and oxygen atoms in total. The molecule has 2 aliphatic rings. The molecule has 1 saturated heterocycles. The molecule has 3 aromatic heterocycles. The van der Waals surface area contributed by atoms with E-state index in [1.807, 2.05) is 54.1 Å². The maximum atomic E-state index is 14.0. The Morgan fingerprint density at radius 1 is 1.03 bits per heavy atom. The van der Waals surface area contributed by atoms with Gasteiger partial charge >= 0.3 is 0 Å². The van der Waals surface area contributed by atoms with Crippen molar-refractivity contribution in [3.63, 3.8) is 0 Å². The second kappa shape index (κ2) is 10.7. The van der Waals surface area contributed by atoms with E-state index >= 15 is 0 Å². The minimum Gasteiger partial charge on any atom is -0.497 e. The normalized spacial score (nSPS) is 18.8. The van der Waals surface area contributed by atoms with Crippen molar-refractivity contribution in [1.82, 2.24) is 29.2 Å². The molecule has 1 atom stereocenters. The van der Waals surface area contributed by atoms with E-state index in [0.29, 0.717) is 29.3 Å². The summed E-state index contributed by atoms with van der Waals surface area (Å²) in [7, 11) is 1.64. The van der Waals surface area contributed by atoms with Gasteiger partial charge in [0.1, 0.15) is 17.1 Å². The van der Waals surface area contributed by atoms with Crippen molar-refractivity contribution in [2.24, 2.45) is 11.8 Å². The standard InChI is InChI=1S/C30H36N6O2/c1-21-26(13-6-14-31-21)29-32-27-20-36(24-11-5-12-25(16-24)38-2)33-28(27)30(37)35(29)19-23-10-7-15-34(18-23)17-22-8-3-4-9-22/h5-6,11-14,16,20,22-23H,3-4,7-10,15,17-19H2,1-2H3/t23-/m0/s1. The van der Waals surface area contributed by atoms with E-state index in [9.17, 15) is 4.79 Å². The van der Waals surface area contributed by atoms with Crippen LogP contribution in [0, 0.1) is 18.8 Å². The number of rotatable bonds is 7. The molecule has 0 unspecified atom stereocenters. The highest BCUT2D eigenvalue weighted by molar-refractivity contribution is 5.76. The van der Waals surface area contributed by atoms with Gasteiger partial charge in [-0.3, -0.25) is 14.3 Å². The quantitative estimate of drug-likeness (QED) is 0.352. The van der Waals surface area contributed by atoms with Crippen LogP contribution in [0.25, 0.3) is 28.1 Å². The number of hydrogen-bond acceptors (Lipinski definition) is 6. The average molecular weight is 513 g/mol. The number of methoxy groups -OCH3 is 1. The van der Waals surface area contributed by atoms with Crippen LogP contribution in [0.4, 0.5) is 0 Å². The number of hydrogen-bond donors (Lipinski definition) is 0. The lowest BCUT2D eigenvalue weighted by Crippen LogP contribution is -2.40. The number of piperidine rings is 1. The molecule has 2 fully saturated rings. The van der Waals surface area contributed by atoms with Crippen LogP contribution < -0.4 is 10.3 Å². The highest BCUT2D eigenvalue weighted by atomic mass is 16.5. The van der Waals surface area contributed by atoms with Crippen LogP contribution in [0.2, 0.25) is 0 Å². The fraction of sp³-hybridized carbons (Fsp3) is 0.467. The molecule has 0 spiro atoms. The number of aryl methyl sites for hydroxylation is 1. The minimum absolute atomic E-state index is 0.0946. The van der Waals surface area contributed by atoms with Gasteiger partial charge in [-0.25, -0.2) is 9.67 Å². The Morgan fingerprint density at radius 3 is 2.68 bits per heavy atom. The fourth-order valence-corrected chi connectivity index (χ4v) is 6.26. The summed E-state index contributed by atoms with van der Waals surface area (Å²) in [5.41, 5.74) is 3.44. The third-order valence-corrected chi connectivity index (χ3v) is 8.23. The average Bonchev–Trinajstić information content (AvgIpc) is 3.61. The summed E-state index contributed by atoms with van der Waals surface area (Å²) in [4.78, 5) is 26.2. The second-order valence-electron chi connectivity index (χ2n) is 10.9. The van der Waals surface area contributed by atoms with Crippen molar-refractivity contribution >= 4 is 11.0 Å². The van der Waals surface area contributed by atoms with E-state index in [1.165, 1.54) is 45.2 Å². The lowest BCUT2D eigenvalue weighted by molar-refractivity contribution is 0.142. The predicted octanol–water partition coefficient (Wildman–Crippen LogP) is 4.86. The van der Waals surface area contributed by atoms with Crippen LogP contribution in [-0.2, 0) is 6.54 Å². The first kappa shape index (κ1) is 24.8. The molecule has 0 bridgehead atoms. The van der Waals surface area contributed by atoms with Crippen LogP contribution in [0.15, 0.2) is 53.6 Å². The minimum atomic E-state index is -0.0946. The lowest BCUT2D eigenvalue weighted by atomic mass is 9.96. The fourth-order valence-electron chi connectivity index (χ4n) is 6.26. The molecule has 38 heavy (non-hydrogen) atoms. The number of aromatic nitrogens is 5. The molecule has 1 aromatic carbocycles. The van der Waals surface area contributed by atoms with Crippen molar-refractivity contribution in [3.8, 4) is 22.8 Å². The van der Waals surface area contributed by atoms with Crippen LogP contribution in [0.3, 0.4) is 0 Å². The number of likely N-dealkylation sites (tertiary alicyclic amines) is 1. The third kappa shape index (κ3) is 4.97. The Labute approximate surface area is 223 Å². The van der Waals surface area contributed by atoms with Crippen molar-refractivity contribution in [1.29, 1.82) is 0 Å². The van der Waals surface area contributed by atoms with Gasteiger partial charge in [0.25, 0.3) is 5.56 Å². The Hall–Kier alpha value is -3.52. The molecule has 1 aliphatic carbocycles. The highest BCUT2D eigenvalue weighted by Crippen LogP contribution is 2.29. The Balaban J connectivity index is 1.38. The topological polar surface area (TPSA) is 78.1 Å². The number of nitrogens with zero attached hydrogens (tertiary/aromatic N) is 6. The lowest BCUT2D eigenvalue weighted by Gasteiger charge is -2.34. The van der Waals surface area contributed by atoms with Gasteiger partial charge < -0.3 is 9.64 Å². The summed E-state index contributed by atoms with van der Waals surface area (Å²) in [5.74, 6) is 2.65. The smallest absolute Gasteiger partial charge is 0.282 e. The zero-order chi connectivity index (χ0) is 26.1. The van der Waals surface area contributed by atoms with Gasteiger partial charge in [0.05, 0.1) is 19.0 Å². The molecule has 0 N–H and O–H groups in total. The molecule has 8 heteroatoms. The largest absolute Gasteiger partial charge is 0.497 e. The van der Waals surface area contributed by atoms with Gasteiger partial charge in [0, 0.05) is 43.2 Å².